The van der Waals surface area contributed by atoms with Crippen molar-refractivity contribution >= 4 is 50.3 Å². The Hall–Kier alpha value is -1.76. The minimum Gasteiger partial charge on any atom is -0.375 e. The maximum atomic E-state index is 12.9. The predicted octanol–water partition coefficient (Wildman–Crippen LogP) is 3.63. The van der Waals surface area contributed by atoms with Gasteiger partial charge < -0.3 is 10.2 Å². The van der Waals surface area contributed by atoms with Crippen molar-refractivity contribution in [3.63, 3.8) is 0 Å². The van der Waals surface area contributed by atoms with E-state index in [-0.39, 0.29) is 30.0 Å². The number of hydrogen-bond acceptors (Lipinski definition) is 4. The number of nitrogens with zero attached hydrogens (tertiary/aromatic N) is 1. The fraction of sp³-hybridized carbons (Fsp3) is 0.278. The molecule has 8 heteroatoms. The average Bonchev–Trinajstić information content (AvgIpc) is 2.97. The molecule has 0 unspecified atom stereocenters. The Kier molecular flexibility index (Phi) is 5.75. The van der Waals surface area contributed by atoms with Crippen molar-refractivity contribution in [1.29, 1.82) is 0 Å². The number of para-hydroxylation sites is 1. The minimum atomic E-state index is -3.11. The Morgan fingerprint density at radius 3 is 2.50 bits per heavy atom. The fourth-order valence-electron chi connectivity index (χ4n) is 3.02. The number of carbonyl (C=O) groups is 1. The number of nitrogens with one attached hydrogen (secondary N) is 1. The summed E-state index contributed by atoms with van der Waals surface area (Å²) in [6.45, 7) is -0.0223. The molecule has 1 fully saturated rings. The van der Waals surface area contributed by atoms with E-state index in [1.807, 2.05) is 18.2 Å². The topological polar surface area (TPSA) is 66.5 Å². The fourth-order valence-corrected chi connectivity index (χ4v) is 5.09. The lowest BCUT2D eigenvalue weighted by Gasteiger charge is -2.28. The van der Waals surface area contributed by atoms with Crippen LogP contribution in [0.3, 0.4) is 0 Å². The second kappa shape index (κ2) is 7.86. The third-order valence-corrected chi connectivity index (χ3v) is 6.83. The molecule has 0 saturated carbocycles. The zero-order valence-electron chi connectivity index (χ0n) is 13.9. The number of rotatable bonds is 5. The average molecular weight is 413 g/mol. The minimum absolute atomic E-state index is 0.0223. The lowest BCUT2D eigenvalue weighted by atomic mass is 10.1. The molecule has 2 aromatic carbocycles. The van der Waals surface area contributed by atoms with E-state index in [4.69, 9.17) is 23.2 Å². The van der Waals surface area contributed by atoms with Gasteiger partial charge in [-0.05, 0) is 30.7 Å². The van der Waals surface area contributed by atoms with Crippen molar-refractivity contribution in [3.8, 4) is 0 Å². The summed E-state index contributed by atoms with van der Waals surface area (Å²) in [7, 11) is -3.11. The lowest BCUT2D eigenvalue weighted by molar-refractivity contribution is -0.117. The van der Waals surface area contributed by atoms with E-state index in [0.717, 1.165) is 0 Å². The van der Waals surface area contributed by atoms with Gasteiger partial charge in [0.2, 0.25) is 5.91 Å². The van der Waals surface area contributed by atoms with Gasteiger partial charge in [0, 0.05) is 5.69 Å². The molecule has 0 spiro atoms. The number of carbonyl (C=O) groups excluding carboxylic acids is 1. The Labute approximate surface area is 162 Å². The summed E-state index contributed by atoms with van der Waals surface area (Å²) in [5.74, 6) is -0.151. The van der Waals surface area contributed by atoms with Gasteiger partial charge in [-0.15, -0.1) is 0 Å². The molecular weight excluding hydrogens is 395 g/mol. The molecule has 0 bridgehead atoms. The van der Waals surface area contributed by atoms with Crippen LogP contribution >= 0.6 is 23.2 Å². The van der Waals surface area contributed by atoms with Gasteiger partial charge in [-0.3, -0.25) is 4.79 Å². The van der Waals surface area contributed by atoms with E-state index in [2.05, 4.69) is 5.32 Å². The molecule has 0 aromatic heterocycles. The SMILES string of the molecule is O=C(CNc1cccc(Cl)c1Cl)N(c1ccccc1)[C@H]1CCS(=O)(=O)C1. The van der Waals surface area contributed by atoms with Crippen LogP contribution in [0.4, 0.5) is 11.4 Å². The van der Waals surface area contributed by atoms with Crippen LogP contribution in [0, 0.1) is 0 Å². The molecule has 1 amide bonds. The summed E-state index contributed by atoms with van der Waals surface area (Å²) in [6, 6.07) is 13.9. The van der Waals surface area contributed by atoms with Crippen molar-refractivity contribution in [2.75, 3.05) is 28.3 Å². The van der Waals surface area contributed by atoms with Crippen LogP contribution in [-0.2, 0) is 14.6 Å². The summed E-state index contributed by atoms with van der Waals surface area (Å²) >= 11 is 12.1. The summed E-state index contributed by atoms with van der Waals surface area (Å²) in [5.41, 5.74) is 1.23. The van der Waals surface area contributed by atoms with E-state index >= 15 is 0 Å². The number of halogens is 2. The second-order valence-electron chi connectivity index (χ2n) is 6.11. The Balaban J connectivity index is 1.80. The van der Waals surface area contributed by atoms with Crippen LogP contribution in [0.2, 0.25) is 10.0 Å². The highest BCUT2D eigenvalue weighted by Gasteiger charge is 2.35. The highest BCUT2D eigenvalue weighted by Crippen LogP contribution is 2.30. The monoisotopic (exact) mass is 412 g/mol. The van der Waals surface area contributed by atoms with Crippen LogP contribution in [0.15, 0.2) is 48.5 Å². The number of sulfone groups is 1. The van der Waals surface area contributed by atoms with Crippen LogP contribution in [0.25, 0.3) is 0 Å². The smallest absolute Gasteiger partial charge is 0.246 e. The highest BCUT2D eigenvalue weighted by atomic mass is 35.5. The summed E-state index contributed by atoms with van der Waals surface area (Å²) in [4.78, 5) is 14.5. The number of anilines is 2. The van der Waals surface area contributed by atoms with Gasteiger partial charge in [-0.25, -0.2) is 8.42 Å². The first kappa shape index (κ1) is 19.0. The van der Waals surface area contributed by atoms with Crippen LogP contribution in [0.1, 0.15) is 6.42 Å². The maximum absolute atomic E-state index is 12.9. The molecule has 1 aliphatic heterocycles. The van der Waals surface area contributed by atoms with Crippen molar-refractivity contribution in [3.05, 3.63) is 58.6 Å². The Bertz CT molecular complexity index is 904. The molecule has 1 heterocycles. The van der Waals surface area contributed by atoms with Gasteiger partial charge >= 0.3 is 0 Å². The van der Waals surface area contributed by atoms with E-state index in [1.54, 1.807) is 35.2 Å². The van der Waals surface area contributed by atoms with Gasteiger partial charge in [0.25, 0.3) is 0 Å². The largest absolute Gasteiger partial charge is 0.375 e. The second-order valence-corrected chi connectivity index (χ2v) is 9.12. The first-order valence-corrected chi connectivity index (χ1v) is 10.7. The van der Waals surface area contributed by atoms with Crippen molar-refractivity contribution < 1.29 is 13.2 Å². The molecule has 0 radical (unpaired) electrons. The van der Waals surface area contributed by atoms with Gasteiger partial charge in [0.05, 0.1) is 39.8 Å². The standard InChI is InChI=1S/C18H18Cl2N2O3S/c19-15-7-4-8-16(18(15)20)21-11-17(23)22(13-5-2-1-3-6-13)14-9-10-26(24,25)12-14/h1-8,14,21H,9-12H2/t14-/m0/s1. The number of amides is 1. The molecule has 138 valence electrons. The van der Waals surface area contributed by atoms with Crippen molar-refractivity contribution in [2.45, 2.75) is 12.5 Å². The predicted molar refractivity (Wildman–Crippen MR) is 106 cm³/mol. The zero-order chi connectivity index (χ0) is 18.7. The van der Waals surface area contributed by atoms with Crippen molar-refractivity contribution in [2.24, 2.45) is 0 Å². The van der Waals surface area contributed by atoms with Gasteiger partial charge in [-0.1, -0.05) is 47.5 Å². The normalized spacial score (nSPS) is 18.5. The molecule has 5 nitrogen and oxygen atoms in total. The van der Waals surface area contributed by atoms with E-state index in [1.165, 1.54) is 0 Å². The van der Waals surface area contributed by atoms with Crippen LogP contribution < -0.4 is 10.2 Å². The molecule has 1 atom stereocenters. The van der Waals surface area contributed by atoms with Gasteiger partial charge in [0.15, 0.2) is 9.84 Å². The maximum Gasteiger partial charge on any atom is 0.246 e. The summed E-state index contributed by atoms with van der Waals surface area (Å²) < 4.78 is 23.8. The number of benzene rings is 2. The molecule has 2 aromatic rings. The van der Waals surface area contributed by atoms with E-state index < -0.39 is 9.84 Å². The molecule has 3 rings (SSSR count). The van der Waals surface area contributed by atoms with E-state index in [0.29, 0.717) is 27.8 Å². The molecule has 1 N–H and O–H groups in total. The third-order valence-electron chi connectivity index (χ3n) is 4.26. The Morgan fingerprint density at radius 2 is 1.85 bits per heavy atom. The van der Waals surface area contributed by atoms with Gasteiger partial charge in [-0.2, -0.15) is 0 Å². The molecule has 26 heavy (non-hydrogen) atoms. The van der Waals surface area contributed by atoms with Crippen molar-refractivity contribution in [1.82, 2.24) is 0 Å². The summed E-state index contributed by atoms with van der Waals surface area (Å²) in [6.07, 6.45) is 0.431. The molecule has 0 aliphatic carbocycles. The first-order valence-electron chi connectivity index (χ1n) is 8.13. The molecule has 1 saturated heterocycles. The van der Waals surface area contributed by atoms with Gasteiger partial charge in [0.1, 0.15) is 0 Å². The quantitative estimate of drug-likeness (QED) is 0.813. The zero-order valence-corrected chi connectivity index (χ0v) is 16.2. The highest BCUT2D eigenvalue weighted by molar-refractivity contribution is 7.91. The van der Waals surface area contributed by atoms with E-state index in [9.17, 15) is 13.2 Å². The third kappa shape index (κ3) is 4.31. The Morgan fingerprint density at radius 1 is 1.12 bits per heavy atom. The first-order chi connectivity index (χ1) is 12.4. The molecule has 1 aliphatic rings. The van der Waals surface area contributed by atoms with Crippen LogP contribution in [-0.4, -0.2) is 38.4 Å². The molecular formula is C18H18Cl2N2O3S. The lowest BCUT2D eigenvalue weighted by Crippen LogP contribution is -2.44. The van der Waals surface area contributed by atoms with Crippen LogP contribution in [0.5, 0.6) is 0 Å². The number of hydrogen-bond donors (Lipinski definition) is 1. The summed E-state index contributed by atoms with van der Waals surface area (Å²) in [5, 5.41) is 3.73.